The van der Waals surface area contributed by atoms with Gasteiger partial charge in [-0.25, -0.2) is 8.78 Å². The van der Waals surface area contributed by atoms with Gasteiger partial charge < -0.3 is 15.2 Å². The highest BCUT2D eigenvalue weighted by Crippen LogP contribution is 2.39. The first kappa shape index (κ1) is 18.6. The van der Waals surface area contributed by atoms with Crippen LogP contribution in [0.2, 0.25) is 0 Å². The molecule has 0 radical (unpaired) electrons. The van der Waals surface area contributed by atoms with Crippen LogP contribution in [0.15, 0.2) is 30.5 Å². The summed E-state index contributed by atoms with van der Waals surface area (Å²) in [5, 5.41) is 0. The molecule has 2 heterocycles. The molecule has 1 aliphatic rings. The summed E-state index contributed by atoms with van der Waals surface area (Å²) in [5.41, 5.74) is 8.00. The van der Waals surface area contributed by atoms with Crippen molar-refractivity contribution < 1.29 is 18.3 Å². The fourth-order valence-electron chi connectivity index (χ4n) is 3.34. The van der Waals surface area contributed by atoms with Crippen LogP contribution in [0, 0.1) is 5.92 Å². The van der Waals surface area contributed by atoms with Crippen molar-refractivity contribution in [3.63, 3.8) is 0 Å². The molecule has 0 saturated heterocycles. The van der Waals surface area contributed by atoms with E-state index in [1.54, 1.807) is 0 Å². The number of nitrogens with zero attached hydrogens (tertiary/aromatic N) is 1. The molecule has 0 bridgehead atoms. The number of pyridine rings is 1. The fourth-order valence-corrected chi connectivity index (χ4v) is 3.34. The topological polar surface area (TPSA) is 57.4 Å². The second kappa shape index (κ2) is 7.19. The Hall–Kier alpha value is -2.21. The quantitative estimate of drug-likeness (QED) is 0.808. The van der Waals surface area contributed by atoms with Gasteiger partial charge in [0.05, 0.1) is 6.20 Å². The highest BCUT2D eigenvalue weighted by atomic mass is 19.3. The summed E-state index contributed by atoms with van der Waals surface area (Å²) in [7, 11) is 0. The summed E-state index contributed by atoms with van der Waals surface area (Å²) in [6.45, 7) is 6.98. The zero-order valence-corrected chi connectivity index (χ0v) is 15.3. The van der Waals surface area contributed by atoms with E-state index in [4.69, 9.17) is 15.2 Å². The fraction of sp³-hybridized carbons (Fsp3) is 0.450. The standard InChI is InChI=1S/C20H24F2N2O2/c1-12(2)8-20(3,23)11-26-14-4-5-15-13(6-14)10-25-18-9-24-17(19(21)22)7-16(15)18/h4-7,9,12,19H,8,10-11,23H2,1-3H3/t20-/m0/s1. The van der Waals surface area contributed by atoms with Crippen molar-refractivity contribution in [3.8, 4) is 22.6 Å². The Kier molecular flexibility index (Phi) is 5.14. The molecular formula is C20H24F2N2O2. The molecule has 1 atom stereocenters. The third-order valence-corrected chi connectivity index (χ3v) is 4.31. The summed E-state index contributed by atoms with van der Waals surface area (Å²) in [6, 6.07) is 6.98. The highest BCUT2D eigenvalue weighted by Gasteiger charge is 2.23. The summed E-state index contributed by atoms with van der Waals surface area (Å²) < 4.78 is 37.4. The average molecular weight is 362 g/mol. The van der Waals surface area contributed by atoms with E-state index >= 15 is 0 Å². The van der Waals surface area contributed by atoms with Crippen LogP contribution in [0.4, 0.5) is 8.78 Å². The summed E-state index contributed by atoms with van der Waals surface area (Å²) in [6.07, 6.45) is -0.398. The smallest absolute Gasteiger partial charge is 0.280 e. The number of hydrogen-bond acceptors (Lipinski definition) is 4. The van der Waals surface area contributed by atoms with E-state index in [0.29, 0.717) is 36.2 Å². The van der Waals surface area contributed by atoms with Crippen LogP contribution in [-0.2, 0) is 6.61 Å². The van der Waals surface area contributed by atoms with Crippen LogP contribution in [0.25, 0.3) is 11.1 Å². The third-order valence-electron chi connectivity index (χ3n) is 4.31. The van der Waals surface area contributed by atoms with Crippen molar-refractivity contribution in [1.29, 1.82) is 0 Å². The monoisotopic (exact) mass is 362 g/mol. The van der Waals surface area contributed by atoms with E-state index in [9.17, 15) is 8.78 Å². The van der Waals surface area contributed by atoms with Gasteiger partial charge in [0.25, 0.3) is 6.43 Å². The maximum atomic E-state index is 12.9. The molecule has 0 spiro atoms. The first-order chi connectivity index (χ1) is 12.2. The Morgan fingerprint density at radius 2 is 2.04 bits per heavy atom. The minimum atomic E-state index is -2.61. The number of hydrogen-bond donors (Lipinski definition) is 1. The van der Waals surface area contributed by atoms with E-state index < -0.39 is 12.0 Å². The Morgan fingerprint density at radius 3 is 2.73 bits per heavy atom. The van der Waals surface area contributed by atoms with Crippen LogP contribution < -0.4 is 15.2 Å². The molecule has 2 aromatic rings. The predicted octanol–water partition coefficient (Wildman–Crippen LogP) is 4.72. The first-order valence-electron chi connectivity index (χ1n) is 8.71. The summed E-state index contributed by atoms with van der Waals surface area (Å²) in [5.74, 6) is 1.70. The molecule has 3 rings (SSSR count). The van der Waals surface area contributed by atoms with E-state index in [1.807, 2.05) is 25.1 Å². The van der Waals surface area contributed by atoms with Crippen LogP contribution in [0.5, 0.6) is 11.5 Å². The van der Waals surface area contributed by atoms with Gasteiger partial charge in [-0.2, -0.15) is 0 Å². The van der Waals surface area contributed by atoms with E-state index in [1.165, 1.54) is 12.3 Å². The Balaban J connectivity index is 1.81. The van der Waals surface area contributed by atoms with Crippen molar-refractivity contribution in [2.45, 2.75) is 45.8 Å². The van der Waals surface area contributed by atoms with Crippen molar-refractivity contribution >= 4 is 0 Å². The molecule has 0 aliphatic carbocycles. The Bertz CT molecular complexity index is 791. The SMILES string of the molecule is CC(C)C[C@](C)(N)COc1ccc2c(c1)COc1cnc(C(F)F)cc1-2. The van der Waals surface area contributed by atoms with Gasteiger partial charge in [0.2, 0.25) is 0 Å². The molecule has 2 N–H and O–H groups in total. The van der Waals surface area contributed by atoms with Gasteiger partial charge in [0.15, 0.2) is 0 Å². The molecule has 0 amide bonds. The second-order valence-corrected chi connectivity index (χ2v) is 7.55. The largest absolute Gasteiger partial charge is 0.492 e. The Morgan fingerprint density at radius 1 is 1.27 bits per heavy atom. The van der Waals surface area contributed by atoms with Crippen molar-refractivity contribution in [2.24, 2.45) is 11.7 Å². The molecule has 140 valence electrons. The lowest BCUT2D eigenvalue weighted by Gasteiger charge is -2.27. The lowest BCUT2D eigenvalue weighted by Crippen LogP contribution is -2.43. The molecule has 1 aromatic carbocycles. The lowest BCUT2D eigenvalue weighted by atomic mass is 9.93. The van der Waals surface area contributed by atoms with E-state index in [-0.39, 0.29) is 5.69 Å². The van der Waals surface area contributed by atoms with Crippen LogP contribution in [-0.4, -0.2) is 17.1 Å². The molecule has 26 heavy (non-hydrogen) atoms. The van der Waals surface area contributed by atoms with E-state index in [2.05, 4.69) is 18.8 Å². The van der Waals surface area contributed by atoms with Gasteiger partial charge >= 0.3 is 0 Å². The predicted molar refractivity (Wildman–Crippen MR) is 96.5 cm³/mol. The Labute approximate surface area is 152 Å². The van der Waals surface area contributed by atoms with Crippen molar-refractivity contribution in [2.75, 3.05) is 6.61 Å². The first-order valence-corrected chi connectivity index (χ1v) is 8.71. The zero-order chi connectivity index (χ0) is 18.9. The van der Waals surface area contributed by atoms with Gasteiger partial charge in [-0.3, -0.25) is 4.98 Å². The molecule has 0 unspecified atom stereocenters. The lowest BCUT2D eigenvalue weighted by molar-refractivity contribution is 0.146. The number of rotatable bonds is 6. The minimum Gasteiger partial charge on any atom is -0.492 e. The van der Waals surface area contributed by atoms with Gasteiger partial charge in [0, 0.05) is 16.7 Å². The maximum Gasteiger partial charge on any atom is 0.280 e. The minimum absolute atomic E-state index is 0.256. The van der Waals surface area contributed by atoms with E-state index in [0.717, 1.165) is 17.5 Å². The number of aromatic nitrogens is 1. The van der Waals surface area contributed by atoms with Gasteiger partial charge in [-0.15, -0.1) is 0 Å². The molecule has 1 aliphatic heterocycles. The number of ether oxygens (including phenoxy) is 2. The number of fused-ring (bicyclic) bond motifs is 3. The molecular weight excluding hydrogens is 338 g/mol. The summed E-state index contributed by atoms with van der Waals surface area (Å²) >= 11 is 0. The van der Waals surface area contributed by atoms with Gasteiger partial charge in [-0.1, -0.05) is 19.9 Å². The van der Waals surface area contributed by atoms with Gasteiger partial charge in [-0.05, 0) is 43.0 Å². The van der Waals surface area contributed by atoms with Crippen molar-refractivity contribution in [1.82, 2.24) is 4.98 Å². The second-order valence-electron chi connectivity index (χ2n) is 7.55. The molecule has 0 saturated carbocycles. The maximum absolute atomic E-state index is 12.9. The average Bonchev–Trinajstić information content (AvgIpc) is 2.58. The summed E-state index contributed by atoms with van der Waals surface area (Å²) in [4.78, 5) is 3.75. The molecule has 6 heteroatoms. The number of alkyl halides is 2. The van der Waals surface area contributed by atoms with Gasteiger partial charge in [0.1, 0.15) is 30.4 Å². The van der Waals surface area contributed by atoms with Crippen LogP contribution in [0.1, 0.15) is 44.9 Å². The van der Waals surface area contributed by atoms with Crippen molar-refractivity contribution in [3.05, 3.63) is 41.7 Å². The highest BCUT2D eigenvalue weighted by molar-refractivity contribution is 5.75. The third kappa shape index (κ3) is 4.12. The number of benzene rings is 1. The van der Waals surface area contributed by atoms with Crippen LogP contribution in [0.3, 0.4) is 0 Å². The molecule has 0 fully saturated rings. The molecule has 1 aromatic heterocycles. The van der Waals surface area contributed by atoms with Crippen LogP contribution >= 0.6 is 0 Å². The number of nitrogens with two attached hydrogens (primary N) is 1. The normalized spacial score (nSPS) is 15.2. The zero-order valence-electron chi connectivity index (χ0n) is 15.3. The number of halogens is 2. The molecule has 4 nitrogen and oxygen atoms in total.